The van der Waals surface area contributed by atoms with Gasteiger partial charge in [0.15, 0.2) is 0 Å². The zero-order valence-corrected chi connectivity index (χ0v) is 16.6. The molecule has 0 aliphatic carbocycles. The normalized spacial score (nSPS) is 22.1. The number of amides is 1. The van der Waals surface area contributed by atoms with Crippen LogP contribution in [0, 0.1) is 0 Å². The van der Waals surface area contributed by atoms with Crippen LogP contribution < -0.4 is 10.6 Å². The average molecular weight is 402 g/mol. The maximum absolute atomic E-state index is 12.9. The minimum absolute atomic E-state index is 0. The van der Waals surface area contributed by atoms with Gasteiger partial charge < -0.3 is 10.6 Å². The van der Waals surface area contributed by atoms with Gasteiger partial charge in [-0.1, -0.05) is 18.9 Å². The topological polar surface area (TPSA) is 78.5 Å². The number of carbonyl (C=O) groups is 1. The fraction of sp³-hybridized carbons (Fsp3) is 0.611. The predicted octanol–water partition coefficient (Wildman–Crippen LogP) is 2.15. The molecular formula is C18H28ClN3O3S. The van der Waals surface area contributed by atoms with Crippen molar-refractivity contribution in [3.63, 3.8) is 0 Å². The predicted molar refractivity (Wildman–Crippen MR) is 104 cm³/mol. The summed E-state index contributed by atoms with van der Waals surface area (Å²) in [5.41, 5.74) is 0.404. The smallest absolute Gasteiger partial charge is 0.251 e. The van der Waals surface area contributed by atoms with Gasteiger partial charge in [0.05, 0.1) is 4.90 Å². The molecule has 2 saturated heterocycles. The SMILES string of the molecule is Cl.O=C(NC1CCCNC1)c1cccc(S(=O)(=O)N2CCCCCC2)c1. The first-order valence-corrected chi connectivity index (χ1v) is 10.6. The van der Waals surface area contributed by atoms with Crippen molar-refractivity contribution >= 4 is 28.3 Å². The van der Waals surface area contributed by atoms with Gasteiger partial charge >= 0.3 is 0 Å². The van der Waals surface area contributed by atoms with E-state index in [1.54, 1.807) is 22.5 Å². The van der Waals surface area contributed by atoms with E-state index in [0.29, 0.717) is 18.7 Å². The number of hydrogen-bond donors (Lipinski definition) is 2. The molecule has 2 aliphatic rings. The molecule has 8 heteroatoms. The standard InChI is InChI=1S/C18H27N3O3S.ClH/c22-18(20-16-8-6-10-19-14-16)15-7-5-9-17(13-15)25(23,24)21-11-3-1-2-4-12-21;/h5,7,9,13,16,19H,1-4,6,8,10-12,14H2,(H,20,22);1H. The first-order valence-electron chi connectivity index (χ1n) is 9.19. The van der Waals surface area contributed by atoms with E-state index in [0.717, 1.165) is 51.6 Å². The Kier molecular flexibility index (Phi) is 7.88. The molecule has 1 amide bonds. The van der Waals surface area contributed by atoms with Gasteiger partial charge in [0.2, 0.25) is 10.0 Å². The van der Waals surface area contributed by atoms with Crippen molar-refractivity contribution in [2.45, 2.75) is 49.5 Å². The van der Waals surface area contributed by atoms with Crippen LogP contribution in [0.2, 0.25) is 0 Å². The largest absolute Gasteiger partial charge is 0.348 e. The van der Waals surface area contributed by atoms with E-state index in [-0.39, 0.29) is 29.3 Å². The van der Waals surface area contributed by atoms with Crippen LogP contribution in [-0.4, -0.2) is 50.9 Å². The van der Waals surface area contributed by atoms with Gasteiger partial charge in [-0.15, -0.1) is 12.4 Å². The number of nitrogens with one attached hydrogen (secondary N) is 2. The molecule has 1 atom stereocenters. The summed E-state index contributed by atoms with van der Waals surface area (Å²) in [6.45, 7) is 2.87. The third kappa shape index (κ3) is 5.19. The van der Waals surface area contributed by atoms with E-state index in [2.05, 4.69) is 10.6 Å². The lowest BCUT2D eigenvalue weighted by atomic mass is 10.1. The van der Waals surface area contributed by atoms with E-state index in [4.69, 9.17) is 0 Å². The summed E-state index contributed by atoms with van der Waals surface area (Å²) >= 11 is 0. The fourth-order valence-electron chi connectivity index (χ4n) is 3.47. The fourth-order valence-corrected chi connectivity index (χ4v) is 5.04. The molecule has 2 heterocycles. The third-order valence-electron chi connectivity index (χ3n) is 4.93. The number of sulfonamides is 1. The zero-order chi connectivity index (χ0) is 17.7. The molecule has 1 aromatic carbocycles. The van der Waals surface area contributed by atoms with Crippen molar-refractivity contribution in [1.82, 2.24) is 14.9 Å². The first kappa shape index (κ1) is 21.2. The van der Waals surface area contributed by atoms with Crippen molar-refractivity contribution in [2.75, 3.05) is 26.2 Å². The lowest BCUT2D eigenvalue weighted by molar-refractivity contribution is 0.0930. The number of hydrogen-bond acceptors (Lipinski definition) is 4. The molecule has 0 aromatic heterocycles. The van der Waals surface area contributed by atoms with Gasteiger partial charge in [-0.3, -0.25) is 4.79 Å². The number of nitrogens with zero attached hydrogens (tertiary/aromatic N) is 1. The monoisotopic (exact) mass is 401 g/mol. The molecule has 26 heavy (non-hydrogen) atoms. The minimum atomic E-state index is -3.53. The Morgan fingerprint density at radius 1 is 1.12 bits per heavy atom. The van der Waals surface area contributed by atoms with Crippen LogP contribution in [0.25, 0.3) is 0 Å². The Balaban J connectivity index is 0.00000243. The van der Waals surface area contributed by atoms with Crippen molar-refractivity contribution in [1.29, 1.82) is 0 Å². The van der Waals surface area contributed by atoms with Crippen LogP contribution in [-0.2, 0) is 10.0 Å². The highest BCUT2D eigenvalue weighted by molar-refractivity contribution is 7.89. The van der Waals surface area contributed by atoms with Crippen LogP contribution >= 0.6 is 12.4 Å². The molecule has 0 bridgehead atoms. The van der Waals surface area contributed by atoms with Gasteiger partial charge in [-0.25, -0.2) is 8.42 Å². The van der Waals surface area contributed by atoms with E-state index in [1.165, 1.54) is 6.07 Å². The lowest BCUT2D eigenvalue weighted by Gasteiger charge is -2.24. The third-order valence-corrected chi connectivity index (χ3v) is 6.83. The Bertz CT molecular complexity index is 697. The zero-order valence-electron chi connectivity index (χ0n) is 14.9. The summed E-state index contributed by atoms with van der Waals surface area (Å²) in [7, 11) is -3.53. The Morgan fingerprint density at radius 2 is 1.85 bits per heavy atom. The highest BCUT2D eigenvalue weighted by Crippen LogP contribution is 2.21. The van der Waals surface area contributed by atoms with Gasteiger partial charge in [-0.05, 0) is 50.4 Å². The Labute approximate surface area is 162 Å². The van der Waals surface area contributed by atoms with Crippen LogP contribution in [0.3, 0.4) is 0 Å². The molecule has 2 N–H and O–H groups in total. The van der Waals surface area contributed by atoms with Crippen LogP contribution in [0.4, 0.5) is 0 Å². The van der Waals surface area contributed by atoms with Crippen LogP contribution in [0.1, 0.15) is 48.9 Å². The Hall–Kier alpha value is -1.15. The molecule has 146 valence electrons. The summed E-state index contributed by atoms with van der Waals surface area (Å²) in [6, 6.07) is 6.52. The maximum Gasteiger partial charge on any atom is 0.251 e. The summed E-state index contributed by atoms with van der Waals surface area (Å²) in [6.07, 6.45) is 5.93. The van der Waals surface area contributed by atoms with Crippen molar-refractivity contribution in [3.05, 3.63) is 29.8 Å². The summed E-state index contributed by atoms with van der Waals surface area (Å²) in [4.78, 5) is 12.7. The average Bonchev–Trinajstić information content (AvgIpc) is 2.93. The molecule has 3 rings (SSSR count). The van der Waals surface area contributed by atoms with E-state index < -0.39 is 10.0 Å². The molecule has 2 fully saturated rings. The summed E-state index contributed by atoms with van der Waals surface area (Å²) in [5.74, 6) is -0.207. The number of carbonyl (C=O) groups excluding carboxylic acids is 1. The van der Waals surface area contributed by atoms with Crippen molar-refractivity contribution < 1.29 is 13.2 Å². The number of rotatable bonds is 4. The molecule has 0 radical (unpaired) electrons. The summed E-state index contributed by atoms with van der Waals surface area (Å²) < 4.78 is 27.3. The number of piperidine rings is 1. The van der Waals surface area contributed by atoms with Gasteiger partial charge in [-0.2, -0.15) is 4.31 Å². The number of benzene rings is 1. The van der Waals surface area contributed by atoms with Gasteiger partial charge in [0, 0.05) is 31.2 Å². The molecular weight excluding hydrogens is 374 g/mol. The quantitative estimate of drug-likeness (QED) is 0.810. The Morgan fingerprint density at radius 3 is 2.50 bits per heavy atom. The summed E-state index contributed by atoms with van der Waals surface area (Å²) in [5, 5.41) is 6.25. The second kappa shape index (κ2) is 9.69. The number of halogens is 1. The highest BCUT2D eigenvalue weighted by Gasteiger charge is 2.26. The molecule has 1 unspecified atom stereocenters. The molecule has 0 spiro atoms. The first-order chi connectivity index (χ1) is 12.1. The molecule has 2 aliphatic heterocycles. The van der Waals surface area contributed by atoms with Gasteiger partial charge in [0.1, 0.15) is 0 Å². The van der Waals surface area contributed by atoms with Gasteiger partial charge in [0.25, 0.3) is 5.91 Å². The van der Waals surface area contributed by atoms with E-state index in [1.807, 2.05) is 0 Å². The minimum Gasteiger partial charge on any atom is -0.348 e. The second-order valence-electron chi connectivity index (χ2n) is 6.86. The maximum atomic E-state index is 12.9. The molecule has 6 nitrogen and oxygen atoms in total. The van der Waals surface area contributed by atoms with Crippen LogP contribution in [0.15, 0.2) is 29.2 Å². The molecule has 0 saturated carbocycles. The lowest BCUT2D eigenvalue weighted by Crippen LogP contribution is -2.45. The van der Waals surface area contributed by atoms with Crippen molar-refractivity contribution in [2.24, 2.45) is 0 Å². The van der Waals surface area contributed by atoms with E-state index in [9.17, 15) is 13.2 Å². The molecule has 1 aromatic rings. The van der Waals surface area contributed by atoms with Crippen molar-refractivity contribution in [3.8, 4) is 0 Å². The highest BCUT2D eigenvalue weighted by atomic mass is 35.5. The second-order valence-corrected chi connectivity index (χ2v) is 8.80. The van der Waals surface area contributed by atoms with E-state index >= 15 is 0 Å². The van der Waals surface area contributed by atoms with Crippen LogP contribution in [0.5, 0.6) is 0 Å².